The van der Waals surface area contributed by atoms with Crippen LogP contribution in [0.5, 0.6) is 11.5 Å². The number of benzene rings is 1. The predicted octanol–water partition coefficient (Wildman–Crippen LogP) is 2.79. The van der Waals surface area contributed by atoms with E-state index < -0.39 is 0 Å². The number of halogens is 1. The summed E-state index contributed by atoms with van der Waals surface area (Å²) in [5, 5.41) is 4.00. The van der Waals surface area contributed by atoms with Gasteiger partial charge in [0.05, 0.1) is 18.7 Å². The minimum Gasteiger partial charge on any atom is -0.493 e. The number of hydrogen-bond acceptors (Lipinski definition) is 4. The summed E-state index contributed by atoms with van der Waals surface area (Å²) in [6.45, 7) is 5.33. The largest absolute Gasteiger partial charge is 0.493 e. The number of hydrogen-bond donors (Lipinski definition) is 1. The van der Waals surface area contributed by atoms with Crippen molar-refractivity contribution in [2.24, 2.45) is 0 Å². The highest BCUT2D eigenvalue weighted by molar-refractivity contribution is 6.32. The lowest BCUT2D eigenvalue weighted by Crippen LogP contribution is -2.21. The van der Waals surface area contributed by atoms with E-state index in [-0.39, 0.29) is 0 Å². The highest BCUT2D eigenvalue weighted by atomic mass is 35.5. The van der Waals surface area contributed by atoms with Crippen LogP contribution in [-0.2, 0) is 6.54 Å². The summed E-state index contributed by atoms with van der Waals surface area (Å²) in [4.78, 5) is 2.18. The van der Waals surface area contributed by atoms with Gasteiger partial charge in [-0.05, 0) is 58.2 Å². The topological polar surface area (TPSA) is 33.7 Å². The number of nitrogens with zero attached hydrogens (tertiary/aromatic N) is 1. The first-order valence-corrected chi connectivity index (χ1v) is 7.31. The summed E-state index contributed by atoms with van der Waals surface area (Å²) < 4.78 is 10.8. The maximum atomic E-state index is 6.23. The van der Waals surface area contributed by atoms with Crippen LogP contribution in [0.3, 0.4) is 0 Å². The average Bonchev–Trinajstić information content (AvgIpc) is 2.40. The van der Waals surface area contributed by atoms with Gasteiger partial charge >= 0.3 is 0 Å². The van der Waals surface area contributed by atoms with E-state index in [9.17, 15) is 0 Å². The van der Waals surface area contributed by atoms with Crippen molar-refractivity contribution in [2.45, 2.75) is 19.9 Å². The molecule has 0 aliphatic rings. The Bertz CT molecular complexity index is 411. The first-order valence-electron chi connectivity index (χ1n) is 6.93. The molecule has 0 aliphatic carbocycles. The Morgan fingerprint density at radius 1 is 1.30 bits per heavy atom. The summed E-state index contributed by atoms with van der Waals surface area (Å²) in [6.07, 6.45) is 1.12. The Morgan fingerprint density at radius 2 is 2.05 bits per heavy atom. The molecule has 1 rings (SSSR count). The van der Waals surface area contributed by atoms with E-state index in [4.69, 9.17) is 21.1 Å². The van der Waals surface area contributed by atoms with E-state index in [1.807, 2.05) is 19.1 Å². The fourth-order valence-electron chi connectivity index (χ4n) is 1.91. The van der Waals surface area contributed by atoms with Crippen molar-refractivity contribution in [3.05, 3.63) is 22.7 Å². The molecule has 20 heavy (non-hydrogen) atoms. The van der Waals surface area contributed by atoms with Crippen molar-refractivity contribution in [1.82, 2.24) is 10.2 Å². The third-order valence-corrected chi connectivity index (χ3v) is 3.15. The molecule has 1 aromatic rings. The zero-order valence-electron chi connectivity index (χ0n) is 12.8. The summed E-state index contributed by atoms with van der Waals surface area (Å²) in [7, 11) is 5.79. The molecular formula is C15H25ClN2O2. The Labute approximate surface area is 127 Å². The van der Waals surface area contributed by atoms with Gasteiger partial charge in [-0.3, -0.25) is 0 Å². The highest BCUT2D eigenvalue weighted by Gasteiger charge is 2.11. The molecule has 0 atom stereocenters. The van der Waals surface area contributed by atoms with Gasteiger partial charge < -0.3 is 19.7 Å². The second-order valence-electron chi connectivity index (χ2n) is 4.88. The average molecular weight is 301 g/mol. The Balaban J connectivity index is 2.56. The second-order valence-corrected chi connectivity index (χ2v) is 5.28. The molecule has 0 aliphatic heterocycles. The zero-order chi connectivity index (χ0) is 15.0. The molecule has 0 amide bonds. The van der Waals surface area contributed by atoms with Gasteiger partial charge in [0.25, 0.3) is 0 Å². The maximum absolute atomic E-state index is 6.23. The van der Waals surface area contributed by atoms with E-state index in [1.54, 1.807) is 7.11 Å². The highest BCUT2D eigenvalue weighted by Crippen LogP contribution is 2.36. The normalized spacial score (nSPS) is 10.9. The first-order chi connectivity index (χ1) is 9.58. The molecule has 4 nitrogen and oxygen atoms in total. The molecule has 1 aromatic carbocycles. The lowest BCUT2D eigenvalue weighted by atomic mass is 10.2. The van der Waals surface area contributed by atoms with Gasteiger partial charge in [-0.15, -0.1) is 0 Å². The minimum atomic E-state index is 0.568. The molecular weight excluding hydrogens is 276 g/mol. The van der Waals surface area contributed by atoms with Crippen LogP contribution in [-0.4, -0.2) is 45.8 Å². The lowest BCUT2D eigenvalue weighted by Gasteiger charge is -2.14. The molecule has 5 heteroatoms. The third kappa shape index (κ3) is 5.57. The van der Waals surface area contributed by atoms with E-state index in [1.165, 1.54) is 0 Å². The quantitative estimate of drug-likeness (QED) is 0.711. The lowest BCUT2D eigenvalue weighted by molar-refractivity contribution is 0.311. The second kappa shape index (κ2) is 9.06. The van der Waals surface area contributed by atoms with Crippen molar-refractivity contribution in [1.29, 1.82) is 0 Å². The van der Waals surface area contributed by atoms with Gasteiger partial charge in [-0.1, -0.05) is 11.6 Å². The maximum Gasteiger partial charge on any atom is 0.179 e. The SMILES string of the molecule is CCOc1c(Cl)cc(CNCCCN(C)C)cc1OC. The van der Waals surface area contributed by atoms with E-state index in [0.29, 0.717) is 23.1 Å². The van der Waals surface area contributed by atoms with Gasteiger partial charge in [0, 0.05) is 6.54 Å². The molecule has 0 spiro atoms. The Hall–Kier alpha value is -0.970. The number of ether oxygens (including phenoxy) is 2. The van der Waals surface area contributed by atoms with Crippen LogP contribution < -0.4 is 14.8 Å². The van der Waals surface area contributed by atoms with Gasteiger partial charge in [0.2, 0.25) is 0 Å². The summed E-state index contributed by atoms with van der Waals surface area (Å²) in [6, 6.07) is 3.89. The summed E-state index contributed by atoms with van der Waals surface area (Å²) >= 11 is 6.23. The fraction of sp³-hybridized carbons (Fsp3) is 0.600. The summed E-state index contributed by atoms with van der Waals surface area (Å²) in [5.74, 6) is 1.30. The molecule has 0 heterocycles. The Morgan fingerprint density at radius 3 is 2.65 bits per heavy atom. The Kier molecular flexibility index (Phi) is 7.73. The van der Waals surface area contributed by atoms with Crippen LogP contribution in [0.2, 0.25) is 5.02 Å². The van der Waals surface area contributed by atoms with Gasteiger partial charge in [0.1, 0.15) is 0 Å². The molecule has 0 radical (unpaired) electrons. The molecule has 0 saturated heterocycles. The van der Waals surface area contributed by atoms with E-state index in [0.717, 1.165) is 31.6 Å². The molecule has 0 fully saturated rings. The van der Waals surface area contributed by atoms with Crippen LogP contribution in [0.4, 0.5) is 0 Å². The van der Waals surface area contributed by atoms with Gasteiger partial charge in [-0.2, -0.15) is 0 Å². The van der Waals surface area contributed by atoms with Crippen LogP contribution in [0.15, 0.2) is 12.1 Å². The smallest absolute Gasteiger partial charge is 0.179 e. The predicted molar refractivity (Wildman–Crippen MR) is 84.1 cm³/mol. The zero-order valence-corrected chi connectivity index (χ0v) is 13.6. The van der Waals surface area contributed by atoms with Crippen LogP contribution >= 0.6 is 11.6 Å². The van der Waals surface area contributed by atoms with Crippen molar-refractivity contribution >= 4 is 11.6 Å². The number of nitrogens with one attached hydrogen (secondary N) is 1. The molecule has 0 bridgehead atoms. The van der Waals surface area contributed by atoms with Crippen LogP contribution in [0.1, 0.15) is 18.9 Å². The van der Waals surface area contributed by atoms with Crippen molar-refractivity contribution in [2.75, 3.05) is 40.9 Å². The molecule has 0 unspecified atom stereocenters. The molecule has 1 N–H and O–H groups in total. The van der Waals surface area contributed by atoms with Crippen molar-refractivity contribution in [3.63, 3.8) is 0 Å². The van der Waals surface area contributed by atoms with Crippen molar-refractivity contribution < 1.29 is 9.47 Å². The number of methoxy groups -OCH3 is 1. The molecule has 114 valence electrons. The third-order valence-electron chi connectivity index (χ3n) is 2.87. The standard InChI is InChI=1S/C15H25ClN2O2/c1-5-20-15-13(16)9-12(10-14(15)19-4)11-17-7-6-8-18(2)3/h9-10,17H,5-8,11H2,1-4H3. The van der Waals surface area contributed by atoms with Gasteiger partial charge in [0.15, 0.2) is 11.5 Å². The fourth-order valence-corrected chi connectivity index (χ4v) is 2.20. The van der Waals surface area contributed by atoms with E-state index in [2.05, 4.69) is 24.3 Å². The monoisotopic (exact) mass is 300 g/mol. The minimum absolute atomic E-state index is 0.568. The van der Waals surface area contributed by atoms with Crippen molar-refractivity contribution in [3.8, 4) is 11.5 Å². The van der Waals surface area contributed by atoms with Gasteiger partial charge in [-0.25, -0.2) is 0 Å². The summed E-state index contributed by atoms with van der Waals surface area (Å²) in [5.41, 5.74) is 1.10. The van der Waals surface area contributed by atoms with Crippen LogP contribution in [0.25, 0.3) is 0 Å². The van der Waals surface area contributed by atoms with E-state index >= 15 is 0 Å². The molecule has 0 aromatic heterocycles. The molecule has 0 saturated carbocycles. The first kappa shape index (κ1) is 17.1. The number of rotatable bonds is 9. The van der Waals surface area contributed by atoms with Crippen LogP contribution in [0, 0.1) is 0 Å².